The first-order chi connectivity index (χ1) is 20.5. The number of fused-ring (bicyclic) bond motifs is 1. The van der Waals surface area contributed by atoms with Crippen molar-refractivity contribution in [2.75, 3.05) is 11.1 Å². The second kappa shape index (κ2) is 12.3. The Morgan fingerprint density at radius 2 is 1.62 bits per heavy atom. The first-order valence-corrected chi connectivity index (χ1v) is 14.3. The highest BCUT2D eigenvalue weighted by Crippen LogP contribution is 2.27. The number of carbonyl (C=O) groups is 2. The molecule has 1 amide bonds. The summed E-state index contributed by atoms with van der Waals surface area (Å²) in [6, 6.07) is 29.4. The van der Waals surface area contributed by atoms with Gasteiger partial charge >= 0.3 is 0 Å². The number of aromatic nitrogens is 4. The molecule has 8 nitrogen and oxygen atoms in total. The van der Waals surface area contributed by atoms with Crippen molar-refractivity contribution < 1.29 is 14.0 Å². The van der Waals surface area contributed by atoms with E-state index in [0.717, 1.165) is 45.3 Å². The average molecular weight is 592 g/mol. The van der Waals surface area contributed by atoms with Gasteiger partial charge in [0.2, 0.25) is 11.8 Å². The number of thioether (sulfide) groups is 1. The van der Waals surface area contributed by atoms with Crippen LogP contribution in [0.3, 0.4) is 0 Å². The van der Waals surface area contributed by atoms with Crippen LogP contribution >= 0.6 is 23.4 Å². The molecular formula is C32H22ClN5O3S. The molecular weight excluding hydrogens is 570 g/mol. The normalized spacial score (nSPS) is 11.3. The summed E-state index contributed by atoms with van der Waals surface area (Å²) < 4.78 is 5.75. The van der Waals surface area contributed by atoms with Crippen LogP contribution in [-0.4, -0.2) is 37.6 Å². The molecule has 0 atom stereocenters. The molecule has 0 aliphatic heterocycles. The fraction of sp³-hybridized carbons (Fsp3) is 0.0312. The number of carbonyl (C=O) groups excluding carboxylic acids is 2. The number of aromatic amines is 1. The summed E-state index contributed by atoms with van der Waals surface area (Å²) in [5.41, 5.74) is 5.55. The first-order valence-electron chi connectivity index (χ1n) is 12.9. The number of halogens is 1. The molecule has 2 heterocycles. The van der Waals surface area contributed by atoms with Crippen molar-refractivity contribution in [3.63, 3.8) is 0 Å². The number of para-hydroxylation sites is 2. The van der Waals surface area contributed by atoms with Crippen LogP contribution in [0.4, 0.5) is 5.69 Å². The van der Waals surface area contributed by atoms with E-state index in [1.54, 1.807) is 42.5 Å². The summed E-state index contributed by atoms with van der Waals surface area (Å²) in [6.45, 7) is 0. The van der Waals surface area contributed by atoms with E-state index in [4.69, 9.17) is 16.0 Å². The molecule has 10 heteroatoms. The lowest BCUT2D eigenvalue weighted by Gasteiger charge is -2.05. The third-order valence-electron chi connectivity index (χ3n) is 6.28. The average Bonchev–Trinajstić information content (AvgIpc) is 3.68. The van der Waals surface area contributed by atoms with Crippen LogP contribution in [0.5, 0.6) is 0 Å². The fourth-order valence-electron chi connectivity index (χ4n) is 4.13. The van der Waals surface area contributed by atoms with Gasteiger partial charge in [-0.2, -0.15) is 0 Å². The van der Waals surface area contributed by atoms with E-state index in [-0.39, 0.29) is 22.7 Å². The molecule has 0 saturated heterocycles. The highest BCUT2D eigenvalue weighted by molar-refractivity contribution is 7.99. The fourth-order valence-corrected chi connectivity index (χ4v) is 4.82. The Hall–Kier alpha value is -4.99. The minimum absolute atomic E-state index is 0.0805. The van der Waals surface area contributed by atoms with Crippen molar-refractivity contribution in [2.24, 2.45) is 0 Å². The van der Waals surface area contributed by atoms with E-state index in [1.807, 2.05) is 60.7 Å². The molecule has 0 spiro atoms. The minimum Gasteiger partial charge on any atom is -0.411 e. The summed E-state index contributed by atoms with van der Waals surface area (Å²) in [7, 11) is 0. The molecule has 4 aromatic carbocycles. The third kappa shape index (κ3) is 6.49. The molecule has 0 radical (unpaired) electrons. The second-order valence-corrected chi connectivity index (χ2v) is 10.6. The van der Waals surface area contributed by atoms with Gasteiger partial charge in [0.25, 0.3) is 5.22 Å². The highest BCUT2D eigenvalue weighted by atomic mass is 35.5. The van der Waals surface area contributed by atoms with Gasteiger partial charge in [-0.15, -0.1) is 10.2 Å². The maximum absolute atomic E-state index is 12.5. The minimum atomic E-state index is -0.239. The van der Waals surface area contributed by atoms with Gasteiger partial charge in [0.05, 0.1) is 16.8 Å². The molecule has 2 N–H and O–H groups in total. The van der Waals surface area contributed by atoms with Gasteiger partial charge in [-0.25, -0.2) is 4.98 Å². The van der Waals surface area contributed by atoms with E-state index in [9.17, 15) is 9.59 Å². The van der Waals surface area contributed by atoms with Gasteiger partial charge < -0.3 is 14.7 Å². The number of rotatable bonds is 9. The zero-order valence-electron chi connectivity index (χ0n) is 22.0. The van der Waals surface area contributed by atoms with Crippen LogP contribution in [0, 0.1) is 0 Å². The van der Waals surface area contributed by atoms with Crippen molar-refractivity contribution >= 4 is 57.9 Å². The van der Waals surface area contributed by atoms with E-state index in [2.05, 4.69) is 25.5 Å². The summed E-state index contributed by atoms with van der Waals surface area (Å²) >= 11 is 7.03. The van der Waals surface area contributed by atoms with Crippen molar-refractivity contribution in [2.45, 2.75) is 5.22 Å². The molecule has 206 valence electrons. The molecule has 0 bridgehead atoms. The molecule has 6 aromatic rings. The molecule has 0 aliphatic carbocycles. The number of allylic oxidation sites excluding steroid dienone is 1. The second-order valence-electron chi connectivity index (χ2n) is 9.22. The number of hydrogen-bond donors (Lipinski definition) is 2. The number of benzene rings is 4. The number of hydrogen-bond acceptors (Lipinski definition) is 7. The maximum atomic E-state index is 12.5. The van der Waals surface area contributed by atoms with Gasteiger partial charge in [0.15, 0.2) is 5.78 Å². The van der Waals surface area contributed by atoms with Crippen LogP contribution < -0.4 is 5.32 Å². The van der Waals surface area contributed by atoms with Gasteiger partial charge in [-0.05, 0) is 72.3 Å². The van der Waals surface area contributed by atoms with Gasteiger partial charge in [0, 0.05) is 27.4 Å². The predicted molar refractivity (Wildman–Crippen MR) is 165 cm³/mol. The zero-order valence-corrected chi connectivity index (χ0v) is 23.5. The first kappa shape index (κ1) is 27.2. The maximum Gasteiger partial charge on any atom is 0.277 e. The van der Waals surface area contributed by atoms with Crippen molar-refractivity contribution in [1.82, 2.24) is 20.2 Å². The summed E-state index contributed by atoms with van der Waals surface area (Å²) in [4.78, 5) is 32.9. The molecule has 0 aliphatic rings. The van der Waals surface area contributed by atoms with Gasteiger partial charge in [-0.1, -0.05) is 65.8 Å². The Morgan fingerprint density at radius 1 is 0.881 bits per heavy atom. The topological polar surface area (TPSA) is 114 Å². The number of imidazole rings is 1. The molecule has 0 saturated carbocycles. The van der Waals surface area contributed by atoms with E-state index in [1.165, 1.54) is 6.08 Å². The number of nitrogens with one attached hydrogen (secondary N) is 2. The zero-order chi connectivity index (χ0) is 28.9. The van der Waals surface area contributed by atoms with Gasteiger partial charge in [-0.3, -0.25) is 9.59 Å². The Morgan fingerprint density at radius 3 is 2.38 bits per heavy atom. The van der Waals surface area contributed by atoms with E-state index < -0.39 is 0 Å². The Bertz CT molecular complexity index is 1860. The SMILES string of the molecule is O=C(CSc1nnc(-c2ccc(-c3nc4ccccc4[nH]3)cc2)o1)Nc1ccc(C(=O)/C=C/c2ccc(Cl)cc2)cc1. The molecule has 0 fully saturated rings. The molecule has 42 heavy (non-hydrogen) atoms. The number of H-pyrrole nitrogens is 1. The standard InChI is InChI=1S/C32H22ClN5O3S/c33-24-14-5-20(6-15-24)7-18-28(39)21-12-16-25(17-13-21)34-29(40)19-42-32-38-37-31(41-32)23-10-8-22(9-11-23)30-35-26-3-1-2-4-27(26)36-30/h1-18H,19H2,(H,34,40)(H,35,36)/b18-7+. The van der Waals surface area contributed by atoms with Crippen LogP contribution in [0.1, 0.15) is 15.9 Å². The van der Waals surface area contributed by atoms with Gasteiger partial charge in [0.1, 0.15) is 5.82 Å². The van der Waals surface area contributed by atoms with Crippen LogP contribution in [-0.2, 0) is 4.79 Å². The summed E-state index contributed by atoms with van der Waals surface area (Å²) in [5, 5.41) is 11.9. The van der Waals surface area contributed by atoms with E-state index in [0.29, 0.717) is 22.2 Å². The third-order valence-corrected chi connectivity index (χ3v) is 7.35. The predicted octanol–water partition coefficient (Wildman–Crippen LogP) is 7.56. The van der Waals surface area contributed by atoms with Crippen molar-refractivity contribution in [3.8, 4) is 22.8 Å². The highest BCUT2D eigenvalue weighted by Gasteiger charge is 2.13. The largest absolute Gasteiger partial charge is 0.411 e. The Labute approximate surface area is 249 Å². The molecule has 0 unspecified atom stereocenters. The quantitative estimate of drug-likeness (QED) is 0.101. The lowest BCUT2D eigenvalue weighted by atomic mass is 10.1. The Kier molecular flexibility index (Phi) is 7.94. The summed E-state index contributed by atoms with van der Waals surface area (Å²) in [6.07, 6.45) is 3.23. The molecule has 6 rings (SSSR count). The lowest BCUT2D eigenvalue weighted by molar-refractivity contribution is -0.113. The lowest BCUT2D eigenvalue weighted by Crippen LogP contribution is -2.14. The number of anilines is 1. The molecule has 2 aromatic heterocycles. The summed E-state index contributed by atoms with van der Waals surface area (Å²) in [5.74, 6) is 0.838. The number of amides is 1. The van der Waals surface area contributed by atoms with Crippen molar-refractivity contribution in [3.05, 3.63) is 119 Å². The van der Waals surface area contributed by atoms with Crippen LogP contribution in [0.15, 0.2) is 113 Å². The number of nitrogens with zero attached hydrogens (tertiary/aromatic N) is 3. The van der Waals surface area contributed by atoms with Crippen molar-refractivity contribution in [1.29, 1.82) is 0 Å². The monoisotopic (exact) mass is 591 g/mol. The Balaban J connectivity index is 1.00. The van der Waals surface area contributed by atoms with E-state index >= 15 is 0 Å². The smallest absolute Gasteiger partial charge is 0.277 e. The van der Waals surface area contributed by atoms with Crippen LogP contribution in [0.2, 0.25) is 5.02 Å². The van der Waals surface area contributed by atoms with Crippen LogP contribution in [0.25, 0.3) is 40.0 Å². The number of ketones is 1.